The molecule has 0 unspecified atom stereocenters. The summed E-state index contributed by atoms with van der Waals surface area (Å²) < 4.78 is 0. The van der Waals surface area contributed by atoms with Crippen molar-refractivity contribution in [1.29, 1.82) is 0 Å². The van der Waals surface area contributed by atoms with E-state index >= 15 is 0 Å². The first-order chi connectivity index (χ1) is 7.79. The molecular formula is C14H8CuO2+2. The van der Waals surface area contributed by atoms with Gasteiger partial charge in [-0.2, -0.15) is 0 Å². The summed E-state index contributed by atoms with van der Waals surface area (Å²) in [4.78, 5) is 24.2. The van der Waals surface area contributed by atoms with Gasteiger partial charge in [0.15, 0.2) is 11.6 Å². The Morgan fingerprint density at radius 3 is 1.00 bits per heavy atom. The van der Waals surface area contributed by atoms with Gasteiger partial charge >= 0.3 is 17.1 Å². The molecule has 3 heteroatoms. The van der Waals surface area contributed by atoms with Gasteiger partial charge < -0.3 is 0 Å². The number of carbonyl (C=O) groups excluding carboxylic acids is 2. The minimum absolute atomic E-state index is 0. The molecule has 0 heterocycles. The third kappa shape index (κ3) is 1.64. The van der Waals surface area contributed by atoms with E-state index in [0.29, 0.717) is 22.3 Å². The van der Waals surface area contributed by atoms with Crippen LogP contribution < -0.4 is 0 Å². The Labute approximate surface area is 109 Å². The van der Waals surface area contributed by atoms with Crippen LogP contribution in [0.2, 0.25) is 0 Å². The van der Waals surface area contributed by atoms with E-state index in [-0.39, 0.29) is 28.6 Å². The summed E-state index contributed by atoms with van der Waals surface area (Å²) in [6, 6.07) is 13.9. The number of carbonyl (C=O) groups is 2. The molecule has 0 bridgehead atoms. The van der Waals surface area contributed by atoms with E-state index in [2.05, 4.69) is 0 Å². The minimum atomic E-state index is -0.0641. The molecule has 0 spiro atoms. The molecule has 1 aliphatic carbocycles. The molecule has 0 amide bonds. The van der Waals surface area contributed by atoms with E-state index in [1.807, 2.05) is 0 Å². The number of ketones is 2. The van der Waals surface area contributed by atoms with Gasteiger partial charge in [0.25, 0.3) is 0 Å². The van der Waals surface area contributed by atoms with E-state index in [1.54, 1.807) is 48.5 Å². The van der Waals surface area contributed by atoms with E-state index in [0.717, 1.165) is 0 Å². The second-order valence-corrected chi connectivity index (χ2v) is 3.75. The molecule has 1 radical (unpaired) electrons. The quantitative estimate of drug-likeness (QED) is 0.589. The summed E-state index contributed by atoms with van der Waals surface area (Å²) in [5.41, 5.74) is 2.02. The molecule has 2 aromatic carbocycles. The van der Waals surface area contributed by atoms with Crippen LogP contribution in [0.1, 0.15) is 31.8 Å². The molecular weight excluding hydrogens is 264 g/mol. The van der Waals surface area contributed by atoms with Crippen molar-refractivity contribution in [2.75, 3.05) is 0 Å². The zero-order chi connectivity index (χ0) is 11.1. The number of fused-ring (bicyclic) bond motifs is 2. The van der Waals surface area contributed by atoms with E-state index < -0.39 is 0 Å². The van der Waals surface area contributed by atoms with Gasteiger partial charge in [-0.05, 0) is 0 Å². The molecule has 85 valence electrons. The normalized spacial score (nSPS) is 12.5. The maximum absolute atomic E-state index is 12.1. The number of hydrogen-bond donors (Lipinski definition) is 0. The average molecular weight is 272 g/mol. The Morgan fingerprint density at radius 2 is 0.765 bits per heavy atom. The summed E-state index contributed by atoms with van der Waals surface area (Å²) in [5, 5.41) is 0. The fourth-order valence-electron chi connectivity index (χ4n) is 2.05. The third-order valence-corrected chi connectivity index (χ3v) is 2.83. The first-order valence-electron chi connectivity index (χ1n) is 5.06. The number of rotatable bonds is 0. The zero-order valence-corrected chi connectivity index (χ0v) is 9.68. The maximum atomic E-state index is 12.1. The summed E-state index contributed by atoms with van der Waals surface area (Å²) >= 11 is 0. The molecule has 0 aromatic heterocycles. The summed E-state index contributed by atoms with van der Waals surface area (Å²) in [7, 11) is 0. The van der Waals surface area contributed by atoms with Crippen molar-refractivity contribution >= 4 is 11.6 Å². The van der Waals surface area contributed by atoms with Crippen LogP contribution in [0.3, 0.4) is 0 Å². The molecule has 2 aromatic rings. The fraction of sp³-hybridized carbons (Fsp3) is 0. The standard InChI is InChI=1S/C14H8O2.Cu/c15-13-9-5-1-2-6-10(9)14(16)12-8-4-3-7-11(12)13;/h1-8H;/q;+2. The Morgan fingerprint density at radius 1 is 0.529 bits per heavy atom. The van der Waals surface area contributed by atoms with Crippen molar-refractivity contribution < 1.29 is 26.7 Å². The molecule has 3 rings (SSSR count). The van der Waals surface area contributed by atoms with E-state index in [9.17, 15) is 9.59 Å². The molecule has 0 saturated carbocycles. The van der Waals surface area contributed by atoms with Crippen LogP contribution in [0.25, 0.3) is 0 Å². The van der Waals surface area contributed by atoms with Crippen LogP contribution >= 0.6 is 0 Å². The molecule has 0 fully saturated rings. The molecule has 17 heavy (non-hydrogen) atoms. The Hall–Kier alpha value is -1.70. The van der Waals surface area contributed by atoms with Crippen molar-refractivity contribution in [2.24, 2.45) is 0 Å². The van der Waals surface area contributed by atoms with Gasteiger partial charge in [-0.25, -0.2) is 0 Å². The van der Waals surface area contributed by atoms with Crippen LogP contribution in [0.15, 0.2) is 48.5 Å². The first kappa shape index (κ1) is 11.8. The van der Waals surface area contributed by atoms with Gasteiger partial charge in [-0.15, -0.1) is 0 Å². The monoisotopic (exact) mass is 271 g/mol. The van der Waals surface area contributed by atoms with Crippen molar-refractivity contribution in [3.8, 4) is 0 Å². The molecule has 0 aliphatic heterocycles. The zero-order valence-electron chi connectivity index (χ0n) is 8.74. The number of benzene rings is 2. The Kier molecular flexibility index (Phi) is 2.97. The van der Waals surface area contributed by atoms with Gasteiger partial charge in [0.2, 0.25) is 0 Å². The van der Waals surface area contributed by atoms with Crippen molar-refractivity contribution in [1.82, 2.24) is 0 Å². The molecule has 2 nitrogen and oxygen atoms in total. The van der Waals surface area contributed by atoms with E-state index in [1.165, 1.54) is 0 Å². The topological polar surface area (TPSA) is 34.1 Å². The van der Waals surface area contributed by atoms with Crippen molar-refractivity contribution in [2.45, 2.75) is 0 Å². The van der Waals surface area contributed by atoms with Crippen LogP contribution in [-0.4, -0.2) is 11.6 Å². The van der Waals surface area contributed by atoms with Gasteiger partial charge in [0.05, 0.1) is 0 Å². The van der Waals surface area contributed by atoms with Gasteiger partial charge in [-0.3, -0.25) is 9.59 Å². The van der Waals surface area contributed by atoms with Gasteiger partial charge in [0, 0.05) is 22.3 Å². The number of hydrogen-bond acceptors (Lipinski definition) is 2. The van der Waals surface area contributed by atoms with Crippen molar-refractivity contribution in [3.05, 3.63) is 70.8 Å². The molecule has 1 aliphatic rings. The minimum Gasteiger partial charge on any atom is -0.289 e. The molecule has 0 saturated heterocycles. The van der Waals surface area contributed by atoms with Crippen LogP contribution in [-0.2, 0) is 17.1 Å². The predicted octanol–water partition coefficient (Wildman–Crippen LogP) is 2.46. The second-order valence-electron chi connectivity index (χ2n) is 3.75. The molecule has 0 N–H and O–H groups in total. The smallest absolute Gasteiger partial charge is 0.289 e. The largest absolute Gasteiger partial charge is 2.00 e. The van der Waals surface area contributed by atoms with Gasteiger partial charge in [0.1, 0.15) is 0 Å². The SMILES string of the molecule is O=C1c2ccccc2C(=O)c2ccccc21.[Cu+2]. The second kappa shape index (κ2) is 4.28. The Balaban J connectivity index is 0.00000108. The van der Waals surface area contributed by atoms with Crippen LogP contribution in [0.5, 0.6) is 0 Å². The van der Waals surface area contributed by atoms with Crippen molar-refractivity contribution in [3.63, 3.8) is 0 Å². The van der Waals surface area contributed by atoms with Crippen LogP contribution in [0, 0.1) is 0 Å². The third-order valence-electron chi connectivity index (χ3n) is 2.83. The van der Waals surface area contributed by atoms with Gasteiger partial charge in [-0.1, -0.05) is 48.5 Å². The maximum Gasteiger partial charge on any atom is 2.00 e. The predicted molar refractivity (Wildman–Crippen MR) is 59.7 cm³/mol. The summed E-state index contributed by atoms with van der Waals surface area (Å²) in [6.07, 6.45) is 0. The Bertz CT molecular complexity index is 512. The summed E-state index contributed by atoms with van der Waals surface area (Å²) in [6.45, 7) is 0. The first-order valence-corrected chi connectivity index (χ1v) is 5.06. The van der Waals surface area contributed by atoms with E-state index in [4.69, 9.17) is 0 Å². The molecule has 0 atom stereocenters. The average Bonchev–Trinajstić information content (AvgIpc) is 2.36. The fourth-order valence-corrected chi connectivity index (χ4v) is 2.05. The summed E-state index contributed by atoms with van der Waals surface area (Å²) in [5.74, 6) is -0.128. The van der Waals surface area contributed by atoms with Crippen LogP contribution in [0.4, 0.5) is 0 Å².